The van der Waals surface area contributed by atoms with E-state index in [-0.39, 0.29) is 18.1 Å². The zero-order valence-electron chi connectivity index (χ0n) is 16.4. The molecule has 0 saturated carbocycles. The number of amides is 2. The summed E-state index contributed by atoms with van der Waals surface area (Å²) in [5.41, 5.74) is 2.15. The molecule has 0 atom stereocenters. The Hall–Kier alpha value is -3.42. The second kappa shape index (κ2) is 8.30. The summed E-state index contributed by atoms with van der Waals surface area (Å²) < 4.78 is 5.64. The van der Waals surface area contributed by atoms with Crippen molar-refractivity contribution in [1.29, 1.82) is 0 Å². The first-order valence-electron chi connectivity index (χ1n) is 9.28. The Bertz CT molecular complexity index is 912. The van der Waals surface area contributed by atoms with Crippen molar-refractivity contribution >= 4 is 11.8 Å². The van der Waals surface area contributed by atoms with Gasteiger partial charge >= 0.3 is 0 Å². The normalized spacial score (nSPS) is 14.0. The van der Waals surface area contributed by atoms with E-state index in [2.05, 4.69) is 0 Å². The van der Waals surface area contributed by atoms with Crippen LogP contribution in [0.1, 0.15) is 21.5 Å². The second-order valence-corrected chi connectivity index (χ2v) is 7.09. The van der Waals surface area contributed by atoms with Crippen LogP contribution in [-0.2, 0) is 4.79 Å². The number of nitrogens with zero attached hydrogens (tertiary/aromatic N) is 2. The van der Waals surface area contributed by atoms with Gasteiger partial charge in [0.25, 0.3) is 11.8 Å². The van der Waals surface area contributed by atoms with Crippen LogP contribution in [0.5, 0.6) is 23.0 Å². The number of hydrogen-bond donors (Lipinski definition) is 3. The third kappa shape index (κ3) is 4.53. The molecular weight excluding hydrogens is 376 g/mol. The molecule has 1 aliphatic heterocycles. The number of aromatic hydroxyl groups is 3. The van der Waals surface area contributed by atoms with E-state index in [1.165, 1.54) is 4.90 Å². The van der Waals surface area contributed by atoms with E-state index in [0.717, 1.165) is 23.3 Å². The molecule has 8 nitrogen and oxygen atoms in total. The van der Waals surface area contributed by atoms with Gasteiger partial charge in [-0.2, -0.15) is 0 Å². The smallest absolute Gasteiger partial charge is 0.260 e. The van der Waals surface area contributed by atoms with Gasteiger partial charge in [-0.1, -0.05) is 17.7 Å². The van der Waals surface area contributed by atoms with Crippen LogP contribution in [0.2, 0.25) is 0 Å². The van der Waals surface area contributed by atoms with Crippen LogP contribution in [0.4, 0.5) is 0 Å². The minimum absolute atomic E-state index is 0.0655. The van der Waals surface area contributed by atoms with Crippen LogP contribution >= 0.6 is 0 Å². The fourth-order valence-corrected chi connectivity index (χ4v) is 3.26. The zero-order valence-corrected chi connectivity index (χ0v) is 16.4. The topological polar surface area (TPSA) is 111 Å². The summed E-state index contributed by atoms with van der Waals surface area (Å²) in [6.07, 6.45) is 0. The molecule has 0 radical (unpaired) electrons. The number of carbonyl (C=O) groups excluding carboxylic acids is 2. The molecule has 3 N–H and O–H groups in total. The highest BCUT2D eigenvalue weighted by Crippen LogP contribution is 2.35. The van der Waals surface area contributed by atoms with Crippen molar-refractivity contribution in [2.24, 2.45) is 0 Å². The number of piperazine rings is 1. The van der Waals surface area contributed by atoms with Gasteiger partial charge < -0.3 is 29.9 Å². The molecule has 0 spiro atoms. The van der Waals surface area contributed by atoms with Crippen LogP contribution in [0.3, 0.4) is 0 Å². The largest absolute Gasteiger partial charge is 0.504 e. The SMILES string of the molecule is Cc1ccc(OCC(=O)N2CCN(C(=O)c3cc(O)c(O)c(O)c3)CC2)c(C)c1. The fourth-order valence-electron chi connectivity index (χ4n) is 3.26. The molecule has 0 bridgehead atoms. The predicted octanol–water partition coefficient (Wildman–Crippen LogP) is 1.78. The van der Waals surface area contributed by atoms with Gasteiger partial charge in [0, 0.05) is 31.7 Å². The third-order valence-electron chi connectivity index (χ3n) is 4.92. The predicted molar refractivity (Wildman–Crippen MR) is 105 cm³/mol. The quantitative estimate of drug-likeness (QED) is 0.675. The molecule has 1 heterocycles. The molecule has 2 aromatic carbocycles. The van der Waals surface area contributed by atoms with Crippen LogP contribution < -0.4 is 4.74 Å². The zero-order chi connectivity index (χ0) is 21.1. The molecule has 29 heavy (non-hydrogen) atoms. The first kappa shape index (κ1) is 20.3. The van der Waals surface area contributed by atoms with Crippen molar-refractivity contribution in [2.45, 2.75) is 13.8 Å². The van der Waals surface area contributed by atoms with Gasteiger partial charge in [0.1, 0.15) is 5.75 Å². The van der Waals surface area contributed by atoms with E-state index < -0.39 is 23.2 Å². The monoisotopic (exact) mass is 400 g/mol. The van der Waals surface area contributed by atoms with E-state index in [0.29, 0.717) is 31.9 Å². The third-order valence-corrected chi connectivity index (χ3v) is 4.92. The van der Waals surface area contributed by atoms with Gasteiger partial charge in [0.05, 0.1) is 0 Å². The van der Waals surface area contributed by atoms with Crippen molar-refractivity contribution in [2.75, 3.05) is 32.8 Å². The first-order valence-corrected chi connectivity index (χ1v) is 9.28. The number of hydrogen-bond acceptors (Lipinski definition) is 6. The van der Waals surface area contributed by atoms with E-state index in [1.54, 1.807) is 4.90 Å². The lowest BCUT2D eigenvalue weighted by molar-refractivity contribution is -0.134. The minimum Gasteiger partial charge on any atom is -0.504 e. The van der Waals surface area contributed by atoms with Crippen molar-refractivity contribution in [1.82, 2.24) is 9.80 Å². The number of benzene rings is 2. The van der Waals surface area contributed by atoms with E-state index in [1.807, 2.05) is 32.0 Å². The summed E-state index contributed by atoms with van der Waals surface area (Å²) in [6, 6.07) is 7.97. The number of ether oxygens (including phenoxy) is 1. The Morgan fingerprint density at radius 3 is 2.10 bits per heavy atom. The Kier molecular flexibility index (Phi) is 5.81. The summed E-state index contributed by atoms with van der Waals surface area (Å²) >= 11 is 0. The molecule has 0 aliphatic carbocycles. The number of carbonyl (C=O) groups is 2. The van der Waals surface area contributed by atoms with E-state index in [4.69, 9.17) is 4.74 Å². The van der Waals surface area contributed by atoms with E-state index in [9.17, 15) is 24.9 Å². The Labute approximate surface area is 168 Å². The highest BCUT2D eigenvalue weighted by atomic mass is 16.5. The maximum absolute atomic E-state index is 12.6. The van der Waals surface area contributed by atoms with Gasteiger partial charge in [0.2, 0.25) is 0 Å². The van der Waals surface area contributed by atoms with Gasteiger partial charge in [-0.25, -0.2) is 0 Å². The van der Waals surface area contributed by atoms with Crippen LogP contribution in [0, 0.1) is 13.8 Å². The minimum atomic E-state index is -0.666. The lowest BCUT2D eigenvalue weighted by atomic mass is 10.1. The summed E-state index contributed by atoms with van der Waals surface area (Å²) in [7, 11) is 0. The molecular formula is C21H24N2O6. The molecule has 1 aliphatic rings. The molecule has 0 unspecified atom stereocenters. The molecule has 3 rings (SSSR count). The van der Waals surface area contributed by atoms with Crippen molar-refractivity contribution in [3.05, 3.63) is 47.0 Å². The second-order valence-electron chi connectivity index (χ2n) is 7.09. The molecule has 1 fully saturated rings. The Morgan fingerprint density at radius 1 is 0.931 bits per heavy atom. The summed E-state index contributed by atoms with van der Waals surface area (Å²) in [5.74, 6) is -1.67. The van der Waals surface area contributed by atoms with Gasteiger partial charge in [0.15, 0.2) is 23.9 Å². The molecule has 154 valence electrons. The first-order chi connectivity index (χ1) is 13.8. The van der Waals surface area contributed by atoms with Crippen molar-refractivity contribution < 1.29 is 29.6 Å². The number of phenols is 3. The number of rotatable bonds is 4. The highest BCUT2D eigenvalue weighted by molar-refractivity contribution is 5.95. The standard InChI is InChI=1S/C21H24N2O6/c1-13-3-4-18(14(2)9-13)29-12-19(26)22-5-7-23(8-6-22)21(28)15-10-16(24)20(27)17(25)11-15/h3-4,9-11,24-25,27H,5-8,12H2,1-2H3. The average Bonchev–Trinajstić information content (AvgIpc) is 2.70. The lowest BCUT2D eigenvalue weighted by Crippen LogP contribution is -2.51. The number of phenolic OH excluding ortho intramolecular Hbond substituents is 3. The van der Waals surface area contributed by atoms with Gasteiger partial charge in [-0.15, -0.1) is 0 Å². The molecule has 2 amide bonds. The fraction of sp³-hybridized carbons (Fsp3) is 0.333. The van der Waals surface area contributed by atoms with Crippen molar-refractivity contribution in [3.63, 3.8) is 0 Å². The average molecular weight is 400 g/mol. The van der Waals surface area contributed by atoms with Crippen LogP contribution in [0.25, 0.3) is 0 Å². The maximum Gasteiger partial charge on any atom is 0.260 e. The number of aryl methyl sites for hydroxylation is 2. The molecule has 0 aromatic heterocycles. The summed E-state index contributed by atoms with van der Waals surface area (Å²) in [6.45, 7) is 5.19. The van der Waals surface area contributed by atoms with Gasteiger partial charge in [-0.05, 0) is 37.6 Å². The Morgan fingerprint density at radius 2 is 1.52 bits per heavy atom. The van der Waals surface area contributed by atoms with Crippen molar-refractivity contribution in [3.8, 4) is 23.0 Å². The van der Waals surface area contributed by atoms with Gasteiger partial charge in [-0.3, -0.25) is 9.59 Å². The molecule has 8 heteroatoms. The Balaban J connectivity index is 1.54. The summed E-state index contributed by atoms with van der Waals surface area (Å²) in [4.78, 5) is 28.2. The molecule has 2 aromatic rings. The van der Waals surface area contributed by atoms with Crippen LogP contribution in [0.15, 0.2) is 30.3 Å². The highest BCUT2D eigenvalue weighted by Gasteiger charge is 2.26. The lowest BCUT2D eigenvalue weighted by Gasteiger charge is -2.34. The molecule has 1 saturated heterocycles. The van der Waals surface area contributed by atoms with E-state index >= 15 is 0 Å². The van der Waals surface area contributed by atoms with Crippen LogP contribution in [-0.4, -0.2) is 69.7 Å². The maximum atomic E-state index is 12.6. The summed E-state index contributed by atoms with van der Waals surface area (Å²) in [5, 5.41) is 28.6.